The zero-order chi connectivity index (χ0) is 15.1. The van der Waals surface area contributed by atoms with Gasteiger partial charge in [0.2, 0.25) is 0 Å². The van der Waals surface area contributed by atoms with Gasteiger partial charge in [-0.3, -0.25) is 10.2 Å². The Hall–Kier alpha value is -2.90. The summed E-state index contributed by atoms with van der Waals surface area (Å²) in [6.07, 6.45) is 2.38. The van der Waals surface area contributed by atoms with Gasteiger partial charge in [0.15, 0.2) is 0 Å². The lowest BCUT2D eigenvalue weighted by molar-refractivity contribution is 0.0912. The number of rotatable bonds is 4. The van der Waals surface area contributed by atoms with E-state index < -0.39 is 12.0 Å². The molecule has 110 valence electrons. The van der Waals surface area contributed by atoms with E-state index in [1.807, 2.05) is 0 Å². The van der Waals surface area contributed by atoms with Crippen LogP contribution in [0.1, 0.15) is 22.8 Å². The number of benzene rings is 1. The van der Waals surface area contributed by atoms with E-state index in [0.717, 1.165) is 5.56 Å². The molecule has 0 bridgehead atoms. The Kier molecular flexibility index (Phi) is 4.86. The molecule has 0 saturated carbocycles. The normalized spacial score (nSPS) is 9.95. The van der Waals surface area contributed by atoms with E-state index in [-0.39, 0.29) is 6.61 Å². The maximum Gasteiger partial charge on any atom is 0.426 e. The van der Waals surface area contributed by atoms with E-state index in [2.05, 4.69) is 25.7 Å². The summed E-state index contributed by atoms with van der Waals surface area (Å²) in [5, 5.41) is 4.00. The Bertz CT molecular complexity index is 595. The van der Waals surface area contributed by atoms with Gasteiger partial charge in [-0.05, 0) is 24.6 Å². The van der Waals surface area contributed by atoms with Crippen molar-refractivity contribution in [3.05, 3.63) is 48.0 Å². The quantitative estimate of drug-likeness (QED) is 0.808. The van der Waals surface area contributed by atoms with Crippen LogP contribution in [0.5, 0.6) is 0 Å². The highest BCUT2D eigenvalue weighted by atomic mass is 16.5. The summed E-state index contributed by atoms with van der Waals surface area (Å²) < 4.78 is 6.30. The second kappa shape index (κ2) is 7.04. The molecule has 2 aromatic rings. The van der Waals surface area contributed by atoms with Gasteiger partial charge in [0.25, 0.3) is 5.91 Å². The molecule has 1 aromatic heterocycles. The molecule has 21 heavy (non-hydrogen) atoms. The van der Waals surface area contributed by atoms with E-state index in [1.54, 1.807) is 42.2 Å². The molecule has 0 radical (unpaired) electrons. The minimum atomic E-state index is -0.700. The minimum absolute atomic E-state index is 0.235. The van der Waals surface area contributed by atoms with Crippen molar-refractivity contribution in [2.75, 3.05) is 6.61 Å². The van der Waals surface area contributed by atoms with Crippen LogP contribution in [0.3, 0.4) is 0 Å². The fourth-order valence-electron chi connectivity index (χ4n) is 1.61. The SMILES string of the molecule is CCOC(=O)NNC(=O)c1ccc(Cn2cncn2)cc1. The van der Waals surface area contributed by atoms with Crippen molar-refractivity contribution >= 4 is 12.0 Å². The summed E-state index contributed by atoms with van der Waals surface area (Å²) in [6.45, 7) is 2.48. The number of hydrogen-bond donors (Lipinski definition) is 2. The van der Waals surface area contributed by atoms with E-state index >= 15 is 0 Å². The van der Waals surface area contributed by atoms with Gasteiger partial charge in [0, 0.05) is 5.56 Å². The number of nitrogens with one attached hydrogen (secondary N) is 2. The number of hydrogen-bond acceptors (Lipinski definition) is 5. The van der Waals surface area contributed by atoms with Gasteiger partial charge < -0.3 is 4.74 Å². The van der Waals surface area contributed by atoms with Crippen molar-refractivity contribution in [3.63, 3.8) is 0 Å². The fraction of sp³-hybridized carbons (Fsp3) is 0.231. The van der Waals surface area contributed by atoms with E-state index in [9.17, 15) is 9.59 Å². The molecule has 1 heterocycles. The average molecular weight is 289 g/mol. The predicted octanol–water partition coefficient (Wildman–Crippen LogP) is 0.717. The summed E-state index contributed by atoms with van der Waals surface area (Å²) >= 11 is 0. The van der Waals surface area contributed by atoms with Crippen molar-refractivity contribution in [1.29, 1.82) is 0 Å². The Labute approximate surface area is 121 Å². The zero-order valence-corrected chi connectivity index (χ0v) is 11.4. The van der Waals surface area contributed by atoms with Crippen LogP contribution in [0, 0.1) is 0 Å². The average Bonchev–Trinajstić information content (AvgIpc) is 2.99. The molecule has 0 aliphatic heterocycles. The van der Waals surface area contributed by atoms with Gasteiger partial charge in [-0.2, -0.15) is 5.10 Å². The molecule has 2 amide bonds. The molecule has 2 N–H and O–H groups in total. The number of carbonyl (C=O) groups is 2. The van der Waals surface area contributed by atoms with Crippen LogP contribution in [0.2, 0.25) is 0 Å². The van der Waals surface area contributed by atoms with Crippen LogP contribution >= 0.6 is 0 Å². The lowest BCUT2D eigenvalue weighted by Gasteiger charge is -2.07. The Morgan fingerprint density at radius 1 is 1.24 bits per heavy atom. The molecule has 0 aliphatic rings. The first-order chi connectivity index (χ1) is 10.2. The van der Waals surface area contributed by atoms with Crippen LogP contribution in [0.15, 0.2) is 36.9 Å². The van der Waals surface area contributed by atoms with Crippen LogP contribution in [-0.4, -0.2) is 33.4 Å². The number of ether oxygens (including phenoxy) is 1. The van der Waals surface area contributed by atoms with Crippen molar-refractivity contribution < 1.29 is 14.3 Å². The first kappa shape index (κ1) is 14.5. The number of carbonyl (C=O) groups excluding carboxylic acids is 2. The van der Waals surface area contributed by atoms with Crippen molar-refractivity contribution in [2.24, 2.45) is 0 Å². The second-order valence-corrected chi connectivity index (χ2v) is 4.09. The third-order valence-corrected chi connectivity index (χ3v) is 2.58. The molecule has 0 fully saturated rings. The fourth-order valence-corrected chi connectivity index (χ4v) is 1.61. The molecule has 0 unspecified atom stereocenters. The Balaban J connectivity index is 1.89. The third-order valence-electron chi connectivity index (χ3n) is 2.58. The first-order valence-corrected chi connectivity index (χ1v) is 6.33. The molecule has 2 rings (SSSR count). The number of nitrogens with zero attached hydrogens (tertiary/aromatic N) is 3. The summed E-state index contributed by atoms with van der Waals surface area (Å²) in [4.78, 5) is 26.7. The molecule has 0 saturated heterocycles. The lowest BCUT2D eigenvalue weighted by atomic mass is 10.1. The van der Waals surface area contributed by atoms with Gasteiger partial charge in [-0.25, -0.2) is 19.9 Å². The van der Waals surface area contributed by atoms with Crippen LogP contribution in [0.25, 0.3) is 0 Å². The van der Waals surface area contributed by atoms with Gasteiger partial charge in [-0.15, -0.1) is 0 Å². The first-order valence-electron chi connectivity index (χ1n) is 6.33. The highest BCUT2D eigenvalue weighted by Gasteiger charge is 2.07. The summed E-state index contributed by atoms with van der Waals surface area (Å²) in [5.74, 6) is -0.421. The minimum Gasteiger partial charge on any atom is -0.449 e. The molecule has 8 nitrogen and oxygen atoms in total. The Morgan fingerprint density at radius 2 is 2.00 bits per heavy atom. The maximum atomic E-state index is 11.8. The van der Waals surface area contributed by atoms with Gasteiger partial charge in [-0.1, -0.05) is 12.1 Å². The highest BCUT2D eigenvalue weighted by molar-refractivity contribution is 5.94. The standard InChI is InChI=1S/C13H15N5O3/c1-2-21-13(20)17-16-12(19)11-5-3-10(4-6-11)7-18-9-14-8-15-18/h3-6,8-9H,2,7H2,1H3,(H,16,19)(H,17,20). The monoisotopic (exact) mass is 289 g/mol. The van der Waals surface area contributed by atoms with Crippen LogP contribution in [0.4, 0.5) is 4.79 Å². The summed E-state index contributed by atoms with van der Waals surface area (Å²) in [6, 6.07) is 6.94. The second-order valence-electron chi connectivity index (χ2n) is 4.09. The van der Waals surface area contributed by atoms with E-state index in [1.165, 1.54) is 6.33 Å². The van der Waals surface area contributed by atoms with Crippen molar-refractivity contribution in [2.45, 2.75) is 13.5 Å². The zero-order valence-electron chi connectivity index (χ0n) is 11.4. The van der Waals surface area contributed by atoms with Crippen LogP contribution < -0.4 is 10.9 Å². The van der Waals surface area contributed by atoms with Crippen LogP contribution in [-0.2, 0) is 11.3 Å². The number of aromatic nitrogens is 3. The van der Waals surface area contributed by atoms with E-state index in [0.29, 0.717) is 12.1 Å². The van der Waals surface area contributed by atoms with Gasteiger partial charge >= 0.3 is 6.09 Å². The topological polar surface area (TPSA) is 98.1 Å². The van der Waals surface area contributed by atoms with Gasteiger partial charge in [0.1, 0.15) is 12.7 Å². The highest BCUT2D eigenvalue weighted by Crippen LogP contribution is 2.05. The van der Waals surface area contributed by atoms with Crippen molar-refractivity contribution in [1.82, 2.24) is 25.6 Å². The number of hydrazine groups is 1. The summed E-state index contributed by atoms with van der Waals surface area (Å²) in [7, 11) is 0. The molecular weight excluding hydrogens is 274 g/mol. The lowest BCUT2D eigenvalue weighted by Crippen LogP contribution is -2.41. The number of amides is 2. The molecule has 0 spiro atoms. The molecule has 8 heteroatoms. The molecule has 1 aromatic carbocycles. The molecule has 0 atom stereocenters. The predicted molar refractivity (Wildman–Crippen MR) is 73.2 cm³/mol. The maximum absolute atomic E-state index is 11.8. The Morgan fingerprint density at radius 3 is 2.62 bits per heavy atom. The van der Waals surface area contributed by atoms with Crippen molar-refractivity contribution in [3.8, 4) is 0 Å². The smallest absolute Gasteiger partial charge is 0.426 e. The molecule has 0 aliphatic carbocycles. The third kappa shape index (κ3) is 4.30. The van der Waals surface area contributed by atoms with E-state index in [4.69, 9.17) is 0 Å². The molecular formula is C13H15N5O3. The largest absolute Gasteiger partial charge is 0.449 e. The summed E-state index contributed by atoms with van der Waals surface area (Å²) in [5.41, 5.74) is 5.81. The van der Waals surface area contributed by atoms with Gasteiger partial charge in [0.05, 0.1) is 13.2 Å².